The first kappa shape index (κ1) is 16.0. The van der Waals surface area contributed by atoms with E-state index in [1.807, 2.05) is 6.92 Å². The molecule has 19 heavy (non-hydrogen) atoms. The lowest BCUT2D eigenvalue weighted by atomic mass is 9.82. The molecule has 0 N–H and O–H groups in total. The molecule has 0 amide bonds. The lowest BCUT2D eigenvalue weighted by Crippen LogP contribution is -2.33. The normalized spacial score (nSPS) is 13.6. The third-order valence-corrected chi connectivity index (χ3v) is 5.17. The van der Waals surface area contributed by atoms with Gasteiger partial charge >= 0.3 is 5.25 Å². The summed E-state index contributed by atoms with van der Waals surface area (Å²) >= 11 is 0. The molecule has 0 radical (unpaired) electrons. The summed E-state index contributed by atoms with van der Waals surface area (Å²) in [6, 6.07) is 5.53. The fourth-order valence-electron chi connectivity index (χ4n) is 1.68. The lowest BCUT2D eigenvalue weighted by molar-refractivity contribution is 0.0619. The van der Waals surface area contributed by atoms with Gasteiger partial charge in [0.1, 0.15) is 0 Å². The second-order valence-corrected chi connectivity index (χ2v) is 7.05. The molecular weight excluding hydrogens is 277 g/mol. The zero-order valence-corrected chi connectivity index (χ0v) is 11.9. The Balaban J connectivity index is 3.54. The van der Waals surface area contributed by atoms with Gasteiger partial charge < -0.3 is 0 Å². The van der Waals surface area contributed by atoms with Crippen LogP contribution in [0.5, 0.6) is 0 Å². The second-order valence-electron chi connectivity index (χ2n) is 5.01. The van der Waals surface area contributed by atoms with E-state index in [-0.39, 0.29) is 5.56 Å². The maximum atomic E-state index is 13.3. The minimum Gasteiger partial charge on any atom is -0.243 e. The number of halogens is 3. The maximum absolute atomic E-state index is 13.3. The number of benzene rings is 1. The molecular formula is C13H17F3O2S. The maximum Gasteiger partial charge on any atom is 0.377 e. The van der Waals surface area contributed by atoms with Crippen LogP contribution in [0.1, 0.15) is 32.8 Å². The molecule has 1 rings (SSSR count). The molecule has 0 aliphatic rings. The van der Waals surface area contributed by atoms with Crippen molar-refractivity contribution in [1.29, 1.82) is 0 Å². The highest BCUT2D eigenvalue weighted by atomic mass is 32.2. The van der Waals surface area contributed by atoms with Crippen molar-refractivity contribution >= 4 is 9.84 Å². The number of rotatable bonds is 5. The molecule has 1 aromatic carbocycles. The standard InChI is InChI=1S/C13H17F3O2S/c1-4-12(2,3)10-7-5-6-8-11(10)19(17,18)13(15,16)9-14/h5-8H,4,9H2,1-3H3. The molecule has 0 unspecified atom stereocenters. The number of sulfone groups is 1. The summed E-state index contributed by atoms with van der Waals surface area (Å²) in [5.41, 5.74) is -0.304. The van der Waals surface area contributed by atoms with E-state index in [0.717, 1.165) is 6.07 Å². The molecule has 6 heteroatoms. The Kier molecular flexibility index (Phi) is 4.34. The van der Waals surface area contributed by atoms with Crippen molar-refractivity contribution in [2.24, 2.45) is 0 Å². The molecule has 2 nitrogen and oxygen atoms in total. The molecule has 0 aliphatic heterocycles. The molecule has 0 saturated carbocycles. The Bertz CT molecular complexity index is 551. The molecule has 0 spiro atoms. The molecule has 0 aliphatic carbocycles. The van der Waals surface area contributed by atoms with Crippen molar-refractivity contribution in [3.63, 3.8) is 0 Å². The molecule has 0 atom stereocenters. The van der Waals surface area contributed by atoms with Gasteiger partial charge in [-0.1, -0.05) is 39.0 Å². The molecule has 1 aromatic rings. The van der Waals surface area contributed by atoms with Gasteiger partial charge in [-0.15, -0.1) is 0 Å². The van der Waals surface area contributed by atoms with Crippen molar-refractivity contribution in [3.05, 3.63) is 29.8 Å². The van der Waals surface area contributed by atoms with E-state index in [9.17, 15) is 21.6 Å². The van der Waals surface area contributed by atoms with E-state index in [0.29, 0.717) is 6.42 Å². The molecule has 0 saturated heterocycles. The third-order valence-electron chi connectivity index (χ3n) is 3.34. The third kappa shape index (κ3) is 2.78. The van der Waals surface area contributed by atoms with Crippen LogP contribution in [0.4, 0.5) is 13.2 Å². The van der Waals surface area contributed by atoms with Crippen LogP contribution in [0.25, 0.3) is 0 Å². The van der Waals surface area contributed by atoms with Crippen LogP contribution < -0.4 is 0 Å². The van der Waals surface area contributed by atoms with Gasteiger partial charge in [0.25, 0.3) is 0 Å². The smallest absolute Gasteiger partial charge is 0.243 e. The number of hydrogen-bond donors (Lipinski definition) is 0. The van der Waals surface area contributed by atoms with Crippen molar-refractivity contribution in [2.75, 3.05) is 6.67 Å². The first-order chi connectivity index (χ1) is 8.60. The summed E-state index contributed by atoms with van der Waals surface area (Å²) in [5.74, 6) is 0. The van der Waals surface area contributed by atoms with E-state index in [1.165, 1.54) is 12.1 Å². The van der Waals surface area contributed by atoms with Gasteiger partial charge in [-0.2, -0.15) is 8.78 Å². The minimum absolute atomic E-state index is 0.283. The summed E-state index contributed by atoms with van der Waals surface area (Å²) in [7, 11) is -5.02. The van der Waals surface area contributed by atoms with Crippen molar-refractivity contribution in [3.8, 4) is 0 Å². The largest absolute Gasteiger partial charge is 0.377 e. The predicted molar refractivity (Wildman–Crippen MR) is 67.9 cm³/mol. The van der Waals surface area contributed by atoms with Gasteiger partial charge in [-0.25, -0.2) is 12.8 Å². The highest BCUT2D eigenvalue weighted by molar-refractivity contribution is 7.92. The predicted octanol–water partition coefficient (Wildman–Crippen LogP) is 3.71. The van der Waals surface area contributed by atoms with Crippen LogP contribution in [-0.4, -0.2) is 20.3 Å². The summed E-state index contributed by atoms with van der Waals surface area (Å²) in [5, 5.41) is -4.40. The molecule has 0 aromatic heterocycles. The molecule has 0 fully saturated rings. The molecule has 108 valence electrons. The quantitative estimate of drug-likeness (QED) is 0.829. The highest BCUT2D eigenvalue weighted by Crippen LogP contribution is 2.37. The Morgan fingerprint density at radius 2 is 1.68 bits per heavy atom. The Hall–Kier alpha value is -1.04. The van der Waals surface area contributed by atoms with Gasteiger partial charge in [0.15, 0.2) is 6.67 Å². The summed E-state index contributed by atoms with van der Waals surface area (Å²) in [6.07, 6.45) is 0.570. The number of hydrogen-bond acceptors (Lipinski definition) is 2. The van der Waals surface area contributed by atoms with Gasteiger partial charge in [0, 0.05) is 0 Å². The minimum atomic E-state index is -5.02. The zero-order valence-electron chi connectivity index (χ0n) is 11.1. The zero-order chi connectivity index (χ0) is 14.9. The Morgan fingerprint density at radius 3 is 2.16 bits per heavy atom. The first-order valence-electron chi connectivity index (χ1n) is 5.88. The lowest BCUT2D eigenvalue weighted by Gasteiger charge is -2.27. The van der Waals surface area contributed by atoms with E-state index in [2.05, 4.69) is 0 Å². The highest BCUT2D eigenvalue weighted by Gasteiger charge is 2.48. The van der Waals surface area contributed by atoms with E-state index in [4.69, 9.17) is 0 Å². The van der Waals surface area contributed by atoms with Crippen LogP contribution >= 0.6 is 0 Å². The van der Waals surface area contributed by atoms with Crippen LogP contribution in [0.2, 0.25) is 0 Å². The molecule has 0 heterocycles. The van der Waals surface area contributed by atoms with E-state index < -0.39 is 32.1 Å². The van der Waals surface area contributed by atoms with E-state index >= 15 is 0 Å². The average Bonchev–Trinajstić information content (AvgIpc) is 2.38. The fraction of sp³-hybridized carbons (Fsp3) is 0.538. The Morgan fingerprint density at radius 1 is 1.16 bits per heavy atom. The van der Waals surface area contributed by atoms with Gasteiger partial charge in [0.2, 0.25) is 9.84 Å². The number of alkyl halides is 3. The summed E-state index contributed by atoms with van der Waals surface area (Å²) in [6.45, 7) is 3.12. The van der Waals surface area contributed by atoms with Crippen LogP contribution in [0.15, 0.2) is 29.2 Å². The second kappa shape index (κ2) is 5.15. The van der Waals surface area contributed by atoms with Crippen LogP contribution in [0, 0.1) is 0 Å². The summed E-state index contributed by atoms with van der Waals surface area (Å²) < 4.78 is 62.7. The fourth-order valence-corrected chi connectivity index (χ4v) is 3.04. The average molecular weight is 294 g/mol. The van der Waals surface area contributed by atoms with Gasteiger partial charge in [-0.05, 0) is 23.5 Å². The molecule has 0 bridgehead atoms. The summed E-state index contributed by atoms with van der Waals surface area (Å²) in [4.78, 5) is -0.496. The van der Waals surface area contributed by atoms with Crippen LogP contribution in [0.3, 0.4) is 0 Å². The van der Waals surface area contributed by atoms with Crippen LogP contribution in [-0.2, 0) is 15.3 Å². The van der Waals surface area contributed by atoms with Crippen molar-refractivity contribution in [2.45, 2.75) is 42.8 Å². The monoisotopic (exact) mass is 294 g/mol. The topological polar surface area (TPSA) is 34.1 Å². The van der Waals surface area contributed by atoms with E-state index in [1.54, 1.807) is 19.9 Å². The van der Waals surface area contributed by atoms with Crippen molar-refractivity contribution in [1.82, 2.24) is 0 Å². The van der Waals surface area contributed by atoms with Gasteiger partial charge in [0.05, 0.1) is 4.90 Å². The Labute approximate surface area is 111 Å². The SMILES string of the molecule is CCC(C)(C)c1ccccc1S(=O)(=O)C(F)(F)CF. The van der Waals surface area contributed by atoms with Crippen molar-refractivity contribution < 1.29 is 21.6 Å². The van der Waals surface area contributed by atoms with Gasteiger partial charge in [-0.3, -0.25) is 0 Å². The first-order valence-corrected chi connectivity index (χ1v) is 7.36.